The van der Waals surface area contributed by atoms with Crippen LogP contribution in [-0.4, -0.2) is 6.36 Å². The van der Waals surface area contributed by atoms with Crippen molar-refractivity contribution in [1.29, 1.82) is 0 Å². The highest BCUT2D eigenvalue weighted by Crippen LogP contribution is 2.41. The number of rotatable bonds is 11. The van der Waals surface area contributed by atoms with Crippen LogP contribution in [0.15, 0.2) is 72.8 Å². The molecule has 0 atom stereocenters. The van der Waals surface area contributed by atoms with Crippen molar-refractivity contribution in [1.82, 2.24) is 0 Å². The lowest BCUT2D eigenvalue weighted by Crippen LogP contribution is -2.23. The first-order valence-corrected chi connectivity index (χ1v) is 15.8. The van der Waals surface area contributed by atoms with Crippen molar-refractivity contribution in [2.75, 3.05) is 0 Å². The molecule has 5 rings (SSSR count). The van der Waals surface area contributed by atoms with Crippen LogP contribution in [0.3, 0.4) is 0 Å². The van der Waals surface area contributed by atoms with E-state index in [0.29, 0.717) is 29.2 Å². The Morgan fingerprint density at radius 2 is 1.25 bits per heavy atom. The minimum Gasteiger partial charge on any atom is -0.429 e. The van der Waals surface area contributed by atoms with E-state index in [2.05, 4.69) is 11.7 Å². The average molecular weight is 681 g/mol. The fraction of sp³-hybridized carbons (Fsp3) is 0.351. The zero-order chi connectivity index (χ0) is 34.6. The third-order valence-corrected chi connectivity index (χ3v) is 8.77. The summed E-state index contributed by atoms with van der Waals surface area (Å²) < 4.78 is 134. The van der Waals surface area contributed by atoms with Gasteiger partial charge in [0, 0.05) is 5.56 Å². The Bertz CT molecular complexity index is 1690. The van der Waals surface area contributed by atoms with Crippen LogP contribution in [0.4, 0.5) is 39.5 Å². The summed E-state index contributed by atoms with van der Waals surface area (Å²) in [7, 11) is 0. The molecule has 0 N–H and O–H groups in total. The van der Waals surface area contributed by atoms with Gasteiger partial charge in [-0.2, -0.15) is 8.78 Å². The fourth-order valence-corrected chi connectivity index (χ4v) is 6.26. The van der Waals surface area contributed by atoms with Gasteiger partial charge in [-0.3, -0.25) is 0 Å². The summed E-state index contributed by atoms with van der Waals surface area (Å²) in [6, 6.07) is 13.4. The summed E-state index contributed by atoms with van der Waals surface area (Å²) in [5, 5.41) is 0. The highest BCUT2D eigenvalue weighted by Gasteiger charge is 2.38. The Morgan fingerprint density at radius 1 is 0.625 bits per heavy atom. The molecular weight excluding hydrogens is 647 g/mol. The van der Waals surface area contributed by atoms with Gasteiger partial charge in [-0.15, -0.1) is 13.2 Å². The van der Waals surface area contributed by atoms with Crippen molar-refractivity contribution in [3.05, 3.63) is 107 Å². The lowest BCUT2D eigenvalue weighted by Gasteiger charge is -2.29. The Balaban J connectivity index is 1.24. The van der Waals surface area contributed by atoms with Gasteiger partial charge < -0.3 is 9.47 Å². The average Bonchev–Trinajstić information content (AvgIpc) is 3.03. The van der Waals surface area contributed by atoms with Crippen LogP contribution in [0.1, 0.15) is 75.3 Å². The van der Waals surface area contributed by atoms with Crippen LogP contribution < -0.4 is 9.47 Å². The second-order valence-electron chi connectivity index (χ2n) is 12.1. The molecule has 0 aromatic heterocycles. The standard InChI is InChI=1S/C37H33F9O2/c1-2-3-4-5-22-6-8-23(9-7-22)26-13-17-30(32(39)19-26)36(42,43)47-28-14-10-24(11-15-28)25-12-16-29(31(38)18-25)27-20-33(40)35(34(41)21-27)48-37(44,45)46/h10-23H,2-9H2,1H3. The van der Waals surface area contributed by atoms with E-state index in [4.69, 9.17) is 4.74 Å². The monoisotopic (exact) mass is 680 g/mol. The molecule has 0 spiro atoms. The number of hydrogen-bond donors (Lipinski definition) is 0. The third kappa shape index (κ3) is 8.46. The largest absolute Gasteiger partial charge is 0.573 e. The minimum absolute atomic E-state index is 0.123. The number of alkyl halides is 5. The first-order chi connectivity index (χ1) is 22.7. The van der Waals surface area contributed by atoms with Gasteiger partial charge in [-0.25, -0.2) is 17.6 Å². The van der Waals surface area contributed by atoms with Gasteiger partial charge in [-0.1, -0.05) is 62.9 Å². The first kappa shape index (κ1) is 35.2. The van der Waals surface area contributed by atoms with Crippen molar-refractivity contribution < 1.29 is 49.0 Å². The number of unbranched alkanes of at least 4 members (excludes halogenated alkanes) is 2. The molecule has 0 bridgehead atoms. The topological polar surface area (TPSA) is 18.5 Å². The maximum Gasteiger partial charge on any atom is 0.573 e. The summed E-state index contributed by atoms with van der Waals surface area (Å²) >= 11 is 0. The molecule has 1 aliphatic rings. The van der Waals surface area contributed by atoms with Gasteiger partial charge in [0.15, 0.2) is 11.6 Å². The summed E-state index contributed by atoms with van der Waals surface area (Å²) in [6.45, 7) is 2.17. The molecule has 0 saturated heterocycles. The van der Waals surface area contributed by atoms with Crippen molar-refractivity contribution >= 4 is 0 Å². The molecule has 0 heterocycles. The Morgan fingerprint density at radius 3 is 1.83 bits per heavy atom. The molecule has 4 aromatic carbocycles. The molecule has 0 unspecified atom stereocenters. The summed E-state index contributed by atoms with van der Waals surface area (Å²) in [5.74, 6) is -6.53. The van der Waals surface area contributed by atoms with E-state index >= 15 is 13.2 Å². The van der Waals surface area contributed by atoms with E-state index in [1.807, 2.05) is 0 Å². The maximum absolute atomic E-state index is 15.1. The fourth-order valence-electron chi connectivity index (χ4n) is 6.26. The summed E-state index contributed by atoms with van der Waals surface area (Å²) in [4.78, 5) is 0. The Hall–Kier alpha value is -4.15. The Labute approximate surface area is 272 Å². The molecule has 1 saturated carbocycles. The van der Waals surface area contributed by atoms with E-state index < -0.39 is 47.1 Å². The zero-order valence-corrected chi connectivity index (χ0v) is 26.0. The van der Waals surface area contributed by atoms with Crippen LogP contribution in [0.5, 0.6) is 11.5 Å². The highest BCUT2D eigenvalue weighted by atomic mass is 19.4. The quantitative estimate of drug-likeness (QED) is 0.116. The molecule has 2 nitrogen and oxygen atoms in total. The molecule has 0 aliphatic heterocycles. The van der Waals surface area contributed by atoms with Gasteiger partial charge in [0.25, 0.3) is 0 Å². The lowest BCUT2D eigenvalue weighted by atomic mass is 9.77. The third-order valence-electron chi connectivity index (χ3n) is 8.77. The lowest BCUT2D eigenvalue weighted by molar-refractivity contribution is -0.276. The molecule has 11 heteroatoms. The summed E-state index contributed by atoms with van der Waals surface area (Å²) in [5.41, 5.74) is -0.267. The summed E-state index contributed by atoms with van der Waals surface area (Å²) in [6.07, 6.45) is -0.659. The van der Waals surface area contributed by atoms with Crippen LogP contribution in [0.25, 0.3) is 22.3 Å². The SMILES string of the molecule is CCCCCC1CCC(c2ccc(C(F)(F)Oc3ccc(-c4ccc(-c5cc(F)c(OC(F)(F)F)c(F)c5)c(F)c4)cc3)c(F)c2)CC1. The molecular formula is C37H33F9O2. The van der Waals surface area contributed by atoms with Crippen molar-refractivity contribution in [3.63, 3.8) is 0 Å². The van der Waals surface area contributed by atoms with Gasteiger partial charge >= 0.3 is 12.5 Å². The molecule has 1 aliphatic carbocycles. The zero-order valence-electron chi connectivity index (χ0n) is 26.0. The van der Waals surface area contributed by atoms with E-state index in [-0.39, 0.29) is 28.4 Å². The highest BCUT2D eigenvalue weighted by molar-refractivity contribution is 5.72. The molecule has 0 radical (unpaired) electrons. The predicted octanol–water partition coefficient (Wildman–Crippen LogP) is 12.5. The van der Waals surface area contributed by atoms with Gasteiger partial charge in [0.2, 0.25) is 5.75 Å². The van der Waals surface area contributed by atoms with Crippen LogP contribution in [0, 0.1) is 29.2 Å². The second kappa shape index (κ2) is 14.5. The van der Waals surface area contributed by atoms with Crippen molar-refractivity contribution in [2.45, 2.75) is 76.7 Å². The van der Waals surface area contributed by atoms with E-state index in [1.165, 1.54) is 68.1 Å². The van der Waals surface area contributed by atoms with Gasteiger partial charge in [0.1, 0.15) is 17.4 Å². The molecule has 4 aromatic rings. The minimum atomic E-state index is -5.33. The van der Waals surface area contributed by atoms with Gasteiger partial charge in [-0.05, 0) is 102 Å². The number of ether oxygens (including phenoxy) is 2. The van der Waals surface area contributed by atoms with Crippen LogP contribution >= 0.6 is 0 Å². The number of hydrogen-bond acceptors (Lipinski definition) is 2. The van der Waals surface area contributed by atoms with Gasteiger partial charge in [0.05, 0.1) is 5.56 Å². The van der Waals surface area contributed by atoms with Crippen molar-refractivity contribution in [3.8, 4) is 33.8 Å². The van der Waals surface area contributed by atoms with Crippen LogP contribution in [-0.2, 0) is 6.11 Å². The maximum atomic E-state index is 15.1. The normalized spacial score (nSPS) is 17.0. The first-order valence-electron chi connectivity index (χ1n) is 15.8. The Kier molecular flexibility index (Phi) is 10.7. The predicted molar refractivity (Wildman–Crippen MR) is 164 cm³/mol. The molecule has 256 valence electrons. The second-order valence-corrected chi connectivity index (χ2v) is 12.1. The molecule has 48 heavy (non-hydrogen) atoms. The van der Waals surface area contributed by atoms with Crippen molar-refractivity contribution in [2.24, 2.45) is 5.92 Å². The molecule has 1 fully saturated rings. The van der Waals surface area contributed by atoms with E-state index in [9.17, 15) is 26.3 Å². The molecule has 0 amide bonds. The number of halogens is 9. The van der Waals surface area contributed by atoms with Crippen LogP contribution in [0.2, 0.25) is 0 Å². The number of benzene rings is 4. The van der Waals surface area contributed by atoms with E-state index in [0.717, 1.165) is 43.9 Å². The smallest absolute Gasteiger partial charge is 0.429 e. The van der Waals surface area contributed by atoms with E-state index in [1.54, 1.807) is 0 Å².